The second-order valence-corrected chi connectivity index (χ2v) is 5.70. The molecular formula is C19H22ClNO4. The monoisotopic (exact) mass is 363 g/mol. The lowest BCUT2D eigenvalue weighted by atomic mass is 10.0. The van der Waals surface area contributed by atoms with Crippen LogP contribution in [0.5, 0.6) is 11.5 Å². The highest BCUT2D eigenvalue weighted by Gasteiger charge is 2.24. The van der Waals surface area contributed by atoms with Crippen molar-refractivity contribution in [2.75, 3.05) is 13.2 Å². The van der Waals surface area contributed by atoms with Crippen LogP contribution in [-0.2, 0) is 22.5 Å². The van der Waals surface area contributed by atoms with E-state index in [0.717, 1.165) is 19.5 Å². The number of esters is 1. The van der Waals surface area contributed by atoms with Crippen LogP contribution in [-0.4, -0.2) is 24.2 Å². The number of rotatable bonds is 5. The molecule has 0 saturated heterocycles. The van der Waals surface area contributed by atoms with E-state index in [1.807, 2.05) is 18.2 Å². The number of nitrogens with one attached hydrogen (secondary N) is 1. The van der Waals surface area contributed by atoms with Crippen LogP contribution in [0.25, 0.3) is 0 Å². The first-order chi connectivity index (χ1) is 11.7. The van der Waals surface area contributed by atoms with Crippen molar-refractivity contribution >= 4 is 18.4 Å². The first kappa shape index (κ1) is 19.1. The van der Waals surface area contributed by atoms with E-state index in [1.54, 1.807) is 19.1 Å². The van der Waals surface area contributed by atoms with Gasteiger partial charge in [0, 0.05) is 12.1 Å². The van der Waals surface area contributed by atoms with Crippen molar-refractivity contribution in [3.05, 3.63) is 59.2 Å². The van der Waals surface area contributed by atoms with Crippen LogP contribution in [0.3, 0.4) is 0 Å². The van der Waals surface area contributed by atoms with Crippen LogP contribution >= 0.6 is 12.4 Å². The Morgan fingerprint density at radius 3 is 2.68 bits per heavy atom. The molecule has 1 atom stereocenters. The van der Waals surface area contributed by atoms with Crippen molar-refractivity contribution in [2.24, 2.45) is 0 Å². The number of fused-ring (bicyclic) bond motifs is 1. The lowest BCUT2D eigenvalue weighted by molar-refractivity contribution is -0.151. The van der Waals surface area contributed by atoms with Crippen molar-refractivity contribution in [3.63, 3.8) is 0 Å². The molecule has 0 spiro atoms. The van der Waals surface area contributed by atoms with E-state index in [9.17, 15) is 9.90 Å². The number of phenolic OH excluding ortho intramolecular Hbond substituents is 1. The third-order valence-electron chi connectivity index (χ3n) is 4.01. The summed E-state index contributed by atoms with van der Waals surface area (Å²) in [6.45, 7) is 3.82. The van der Waals surface area contributed by atoms with E-state index >= 15 is 0 Å². The molecule has 1 aliphatic heterocycles. The maximum atomic E-state index is 12.3. The minimum absolute atomic E-state index is 0. The van der Waals surface area contributed by atoms with Crippen molar-refractivity contribution in [3.8, 4) is 11.5 Å². The van der Waals surface area contributed by atoms with Crippen molar-refractivity contribution in [1.82, 2.24) is 5.32 Å². The molecule has 0 aliphatic carbocycles. The fourth-order valence-corrected chi connectivity index (χ4v) is 2.79. The van der Waals surface area contributed by atoms with Gasteiger partial charge in [-0.3, -0.25) is 0 Å². The Kier molecular flexibility index (Phi) is 6.67. The van der Waals surface area contributed by atoms with Crippen LogP contribution in [0.15, 0.2) is 42.5 Å². The number of hydrogen-bond acceptors (Lipinski definition) is 5. The fourth-order valence-electron chi connectivity index (χ4n) is 2.79. The second-order valence-electron chi connectivity index (χ2n) is 5.70. The van der Waals surface area contributed by atoms with E-state index in [-0.39, 0.29) is 24.8 Å². The average molecular weight is 364 g/mol. The maximum absolute atomic E-state index is 12.3. The number of carbonyl (C=O) groups excluding carboxylic acids is 1. The molecular weight excluding hydrogens is 342 g/mol. The molecule has 0 amide bonds. The van der Waals surface area contributed by atoms with Gasteiger partial charge in [-0.1, -0.05) is 18.2 Å². The molecule has 5 nitrogen and oxygen atoms in total. The zero-order chi connectivity index (χ0) is 16.9. The summed E-state index contributed by atoms with van der Waals surface area (Å²) in [5, 5.41) is 12.8. The van der Waals surface area contributed by atoms with Gasteiger partial charge in [0.15, 0.2) is 0 Å². The fraction of sp³-hybridized carbons (Fsp3) is 0.316. The summed E-state index contributed by atoms with van der Waals surface area (Å²) in [4.78, 5) is 12.3. The number of ether oxygens (including phenoxy) is 2. The van der Waals surface area contributed by atoms with Crippen LogP contribution in [0, 0.1) is 0 Å². The SMILES string of the molecule is CCOC(=O)C(Oc1ccc2c(c1)CNCC2)c1ccc(O)cc1.Cl. The summed E-state index contributed by atoms with van der Waals surface area (Å²) >= 11 is 0. The molecule has 25 heavy (non-hydrogen) atoms. The molecule has 0 bridgehead atoms. The van der Waals surface area contributed by atoms with Gasteiger partial charge < -0.3 is 19.9 Å². The van der Waals surface area contributed by atoms with Gasteiger partial charge in [-0.25, -0.2) is 4.79 Å². The van der Waals surface area contributed by atoms with Gasteiger partial charge >= 0.3 is 5.97 Å². The van der Waals surface area contributed by atoms with Crippen LogP contribution in [0.2, 0.25) is 0 Å². The van der Waals surface area contributed by atoms with Crippen LogP contribution in [0.4, 0.5) is 0 Å². The molecule has 134 valence electrons. The number of benzene rings is 2. The topological polar surface area (TPSA) is 67.8 Å². The van der Waals surface area contributed by atoms with E-state index < -0.39 is 12.1 Å². The zero-order valence-corrected chi connectivity index (χ0v) is 14.8. The molecule has 0 fully saturated rings. The Balaban J connectivity index is 0.00000225. The third kappa shape index (κ3) is 4.65. The number of halogens is 1. The van der Waals surface area contributed by atoms with Gasteiger partial charge in [0.25, 0.3) is 0 Å². The first-order valence-electron chi connectivity index (χ1n) is 8.12. The Morgan fingerprint density at radius 1 is 1.20 bits per heavy atom. The van der Waals surface area contributed by atoms with Crippen molar-refractivity contribution < 1.29 is 19.4 Å². The predicted octanol–water partition coefficient (Wildman–Crippen LogP) is 3.14. The summed E-state index contributed by atoms with van der Waals surface area (Å²) in [5.41, 5.74) is 3.13. The van der Waals surface area contributed by atoms with E-state index in [4.69, 9.17) is 9.47 Å². The van der Waals surface area contributed by atoms with Crippen LogP contribution < -0.4 is 10.1 Å². The van der Waals surface area contributed by atoms with Crippen molar-refractivity contribution in [1.29, 1.82) is 0 Å². The summed E-state index contributed by atoms with van der Waals surface area (Å²) in [7, 11) is 0. The normalized spacial score (nSPS) is 14.0. The molecule has 1 heterocycles. The molecule has 1 aliphatic rings. The third-order valence-corrected chi connectivity index (χ3v) is 4.01. The van der Waals surface area contributed by atoms with Crippen LogP contribution in [0.1, 0.15) is 29.7 Å². The van der Waals surface area contributed by atoms with Gasteiger partial charge in [0.2, 0.25) is 6.10 Å². The number of phenols is 1. The quantitative estimate of drug-likeness (QED) is 0.799. The molecule has 0 saturated carbocycles. The lowest BCUT2D eigenvalue weighted by Gasteiger charge is -2.21. The number of carbonyl (C=O) groups is 1. The number of aromatic hydroxyl groups is 1. The van der Waals surface area contributed by atoms with E-state index in [2.05, 4.69) is 5.32 Å². The van der Waals surface area contributed by atoms with Gasteiger partial charge in [0.05, 0.1) is 6.61 Å². The standard InChI is InChI=1S/C19H21NO4.ClH/c1-2-23-19(22)18(14-3-6-16(21)7-4-14)24-17-8-5-13-9-10-20-12-15(13)11-17;/h3-8,11,18,20-21H,2,9-10,12H2,1H3;1H. The van der Waals surface area contributed by atoms with Crippen molar-refractivity contribution in [2.45, 2.75) is 26.0 Å². The second kappa shape index (κ2) is 8.74. The highest BCUT2D eigenvalue weighted by molar-refractivity contribution is 5.85. The summed E-state index contributed by atoms with van der Waals surface area (Å²) in [6, 6.07) is 12.3. The summed E-state index contributed by atoms with van der Waals surface area (Å²) in [6.07, 6.45) is 0.134. The first-order valence-corrected chi connectivity index (χ1v) is 8.12. The minimum Gasteiger partial charge on any atom is -0.508 e. The Bertz CT molecular complexity index is 718. The molecule has 1 unspecified atom stereocenters. The highest BCUT2D eigenvalue weighted by Crippen LogP contribution is 2.27. The van der Waals surface area contributed by atoms with Gasteiger partial charge in [0.1, 0.15) is 11.5 Å². The molecule has 2 aromatic rings. The smallest absolute Gasteiger partial charge is 0.352 e. The average Bonchev–Trinajstić information content (AvgIpc) is 2.60. The van der Waals surface area contributed by atoms with Gasteiger partial charge in [-0.2, -0.15) is 0 Å². The van der Waals surface area contributed by atoms with E-state index in [1.165, 1.54) is 23.3 Å². The lowest BCUT2D eigenvalue weighted by Crippen LogP contribution is -2.24. The Morgan fingerprint density at radius 2 is 1.96 bits per heavy atom. The summed E-state index contributed by atoms with van der Waals surface area (Å²) in [5.74, 6) is 0.323. The maximum Gasteiger partial charge on any atom is 0.352 e. The number of hydrogen-bond donors (Lipinski definition) is 2. The Hall–Kier alpha value is -2.24. The van der Waals surface area contributed by atoms with E-state index in [0.29, 0.717) is 11.3 Å². The molecule has 2 aromatic carbocycles. The minimum atomic E-state index is -0.861. The molecule has 0 aromatic heterocycles. The molecule has 3 rings (SSSR count). The predicted molar refractivity (Wildman–Crippen MR) is 97.2 cm³/mol. The highest BCUT2D eigenvalue weighted by atomic mass is 35.5. The molecule has 2 N–H and O–H groups in total. The van der Waals surface area contributed by atoms with Gasteiger partial charge in [-0.15, -0.1) is 12.4 Å². The summed E-state index contributed by atoms with van der Waals surface area (Å²) < 4.78 is 11.1. The molecule has 6 heteroatoms. The largest absolute Gasteiger partial charge is 0.508 e. The zero-order valence-electron chi connectivity index (χ0n) is 14.0. The molecule has 0 radical (unpaired) electrons. The van der Waals surface area contributed by atoms with Gasteiger partial charge in [-0.05, 0) is 55.3 Å². The Labute approximate surface area is 153 Å².